The Kier molecular flexibility index (Phi) is 5.49. The summed E-state index contributed by atoms with van der Waals surface area (Å²) in [4.78, 5) is 27.3. The molecule has 0 aromatic heterocycles. The molecule has 2 aliphatic rings. The minimum atomic E-state index is -0.867. The quantitative estimate of drug-likeness (QED) is 0.812. The fraction of sp³-hybridized carbons (Fsp3) is 0.364. The third-order valence-electron chi connectivity index (χ3n) is 5.33. The first kappa shape index (κ1) is 19.4. The molecule has 1 heterocycles. The number of hydrogen-bond donors (Lipinski definition) is 1. The first-order chi connectivity index (χ1) is 14.1. The lowest BCUT2D eigenvalue weighted by Crippen LogP contribution is -2.55. The number of nitrogens with zero attached hydrogens (tertiary/aromatic N) is 1. The van der Waals surface area contributed by atoms with Gasteiger partial charge in [0.05, 0.1) is 13.2 Å². The second-order valence-corrected chi connectivity index (χ2v) is 7.29. The number of halogens is 1. The third-order valence-corrected chi connectivity index (χ3v) is 5.33. The molecule has 2 atom stereocenters. The zero-order chi connectivity index (χ0) is 20.4. The molecule has 1 saturated heterocycles. The predicted molar refractivity (Wildman–Crippen MR) is 104 cm³/mol. The van der Waals surface area contributed by atoms with Crippen molar-refractivity contribution < 1.29 is 23.5 Å². The highest BCUT2D eigenvalue weighted by atomic mass is 19.1. The maximum Gasteiger partial charge on any atom is 0.251 e. The van der Waals surface area contributed by atoms with Crippen LogP contribution in [0.15, 0.2) is 48.5 Å². The van der Waals surface area contributed by atoms with Gasteiger partial charge in [0, 0.05) is 18.2 Å². The summed E-state index contributed by atoms with van der Waals surface area (Å²) in [5.74, 6) is -0.173. The van der Waals surface area contributed by atoms with Gasteiger partial charge in [-0.1, -0.05) is 30.3 Å². The van der Waals surface area contributed by atoms with Gasteiger partial charge in [0.2, 0.25) is 5.91 Å². The van der Waals surface area contributed by atoms with E-state index in [1.54, 1.807) is 42.3 Å². The Balaban J connectivity index is 1.57. The summed E-state index contributed by atoms with van der Waals surface area (Å²) in [5, 5.41) is 2.76. The number of hydrogen-bond acceptors (Lipinski definition) is 4. The van der Waals surface area contributed by atoms with E-state index in [-0.39, 0.29) is 36.8 Å². The fourth-order valence-electron chi connectivity index (χ4n) is 3.69. The topological polar surface area (TPSA) is 67.9 Å². The van der Waals surface area contributed by atoms with E-state index in [0.29, 0.717) is 11.3 Å². The second kappa shape index (κ2) is 8.21. The lowest BCUT2D eigenvalue weighted by atomic mass is 9.96. The Morgan fingerprint density at radius 3 is 2.59 bits per heavy atom. The lowest BCUT2D eigenvalue weighted by Gasteiger charge is -2.40. The summed E-state index contributed by atoms with van der Waals surface area (Å²) in [5.41, 5.74) is 1.20. The van der Waals surface area contributed by atoms with Crippen molar-refractivity contribution in [2.75, 3.05) is 13.7 Å². The van der Waals surface area contributed by atoms with Crippen molar-refractivity contribution in [1.29, 1.82) is 0 Å². The number of ether oxygens (including phenoxy) is 2. The van der Waals surface area contributed by atoms with Gasteiger partial charge in [0.25, 0.3) is 5.91 Å². The molecule has 1 saturated carbocycles. The van der Waals surface area contributed by atoms with Crippen LogP contribution in [0.1, 0.15) is 30.0 Å². The van der Waals surface area contributed by atoms with Crippen LogP contribution in [-0.4, -0.2) is 42.6 Å². The van der Waals surface area contributed by atoms with Crippen LogP contribution in [0, 0.1) is 5.82 Å². The number of methoxy groups -OCH3 is 1. The van der Waals surface area contributed by atoms with Crippen molar-refractivity contribution in [3.05, 3.63) is 65.5 Å². The number of rotatable bonds is 6. The van der Waals surface area contributed by atoms with E-state index >= 15 is 0 Å². The van der Waals surface area contributed by atoms with Crippen LogP contribution in [0.4, 0.5) is 4.39 Å². The summed E-state index contributed by atoms with van der Waals surface area (Å²) in [7, 11) is 1.58. The molecule has 0 unspecified atom stereocenters. The second-order valence-electron chi connectivity index (χ2n) is 7.29. The van der Waals surface area contributed by atoms with Gasteiger partial charge >= 0.3 is 0 Å². The van der Waals surface area contributed by atoms with Crippen molar-refractivity contribution in [2.24, 2.45) is 0 Å². The molecule has 1 N–H and O–H groups in total. The number of morpholine rings is 1. The zero-order valence-corrected chi connectivity index (χ0v) is 16.1. The maximum absolute atomic E-state index is 13.9. The van der Waals surface area contributed by atoms with Gasteiger partial charge in [-0.2, -0.15) is 0 Å². The Morgan fingerprint density at radius 2 is 1.93 bits per heavy atom. The van der Waals surface area contributed by atoms with Crippen LogP contribution < -0.4 is 10.1 Å². The molecular formula is C22H23FN2O4. The van der Waals surface area contributed by atoms with Crippen molar-refractivity contribution in [1.82, 2.24) is 10.2 Å². The summed E-state index contributed by atoms with van der Waals surface area (Å²) >= 11 is 0. The van der Waals surface area contributed by atoms with Gasteiger partial charge in [-0.05, 0) is 36.6 Å². The maximum atomic E-state index is 13.9. The van der Waals surface area contributed by atoms with E-state index in [1.165, 1.54) is 6.07 Å². The van der Waals surface area contributed by atoms with Gasteiger partial charge in [0.15, 0.2) is 6.10 Å². The number of amides is 2. The first-order valence-electron chi connectivity index (χ1n) is 9.66. The highest BCUT2D eigenvalue weighted by Crippen LogP contribution is 2.39. The minimum absolute atomic E-state index is 0.0536. The molecule has 6 nitrogen and oxygen atoms in total. The molecule has 4 rings (SSSR count). The first-order valence-corrected chi connectivity index (χ1v) is 9.66. The molecule has 2 amide bonds. The van der Waals surface area contributed by atoms with Crippen molar-refractivity contribution in [2.45, 2.75) is 37.6 Å². The largest absolute Gasteiger partial charge is 0.497 e. The molecule has 2 fully saturated rings. The average molecular weight is 398 g/mol. The van der Waals surface area contributed by atoms with Crippen LogP contribution in [-0.2, 0) is 20.9 Å². The molecule has 2 aromatic rings. The molecule has 1 aliphatic carbocycles. The average Bonchev–Trinajstić information content (AvgIpc) is 3.58. The normalized spacial score (nSPS) is 21.7. The number of nitrogens with one attached hydrogen (secondary N) is 1. The van der Waals surface area contributed by atoms with Gasteiger partial charge in [-0.3, -0.25) is 9.59 Å². The van der Waals surface area contributed by atoms with E-state index in [1.807, 2.05) is 12.1 Å². The van der Waals surface area contributed by atoms with E-state index < -0.39 is 12.1 Å². The standard InChI is InChI=1S/C22H23FN2O4/c1-28-17-10-6-14(7-11-17)20-21(29-13-19(26)25(20)16-8-9-16)22(27)24-12-15-4-2-3-5-18(15)23/h2-7,10-11,16,20-21H,8-9,12-13H2,1H3,(H,24,27)/t20-,21+/m1/s1. The summed E-state index contributed by atoms with van der Waals surface area (Å²) in [6.45, 7) is -0.0843. The Labute approximate surface area is 168 Å². The van der Waals surface area contributed by atoms with Crippen LogP contribution in [0.25, 0.3) is 0 Å². The Bertz CT molecular complexity index is 898. The highest BCUT2D eigenvalue weighted by Gasteiger charge is 2.47. The summed E-state index contributed by atoms with van der Waals surface area (Å²) in [6, 6.07) is 13.2. The fourth-order valence-corrected chi connectivity index (χ4v) is 3.69. The SMILES string of the molecule is COc1ccc([C@@H]2[C@@H](C(=O)NCc3ccccc3F)OCC(=O)N2C2CC2)cc1. The molecule has 0 spiro atoms. The molecule has 0 radical (unpaired) electrons. The highest BCUT2D eigenvalue weighted by molar-refractivity contribution is 5.86. The van der Waals surface area contributed by atoms with Crippen molar-refractivity contribution in [3.8, 4) is 5.75 Å². The zero-order valence-electron chi connectivity index (χ0n) is 16.1. The van der Waals surface area contributed by atoms with Crippen LogP contribution in [0.3, 0.4) is 0 Å². The molecule has 0 bridgehead atoms. The van der Waals surface area contributed by atoms with Crippen LogP contribution in [0.2, 0.25) is 0 Å². The Morgan fingerprint density at radius 1 is 1.21 bits per heavy atom. The molecule has 2 aromatic carbocycles. The third kappa shape index (κ3) is 4.10. The summed E-state index contributed by atoms with van der Waals surface area (Å²) in [6.07, 6.45) is 0.970. The predicted octanol–water partition coefficient (Wildman–Crippen LogP) is 2.58. The molecular weight excluding hydrogens is 375 g/mol. The smallest absolute Gasteiger partial charge is 0.251 e. The number of carbonyl (C=O) groups excluding carboxylic acids is 2. The molecule has 152 valence electrons. The monoisotopic (exact) mass is 398 g/mol. The minimum Gasteiger partial charge on any atom is -0.497 e. The van der Waals surface area contributed by atoms with Crippen molar-refractivity contribution in [3.63, 3.8) is 0 Å². The summed E-state index contributed by atoms with van der Waals surface area (Å²) < 4.78 is 24.8. The van der Waals surface area contributed by atoms with Crippen molar-refractivity contribution >= 4 is 11.8 Å². The van der Waals surface area contributed by atoms with Gasteiger partial charge < -0.3 is 19.7 Å². The van der Waals surface area contributed by atoms with E-state index in [4.69, 9.17) is 9.47 Å². The van der Waals surface area contributed by atoms with Crippen LogP contribution in [0.5, 0.6) is 5.75 Å². The van der Waals surface area contributed by atoms with Gasteiger partial charge in [0.1, 0.15) is 18.2 Å². The molecule has 1 aliphatic heterocycles. The Hall–Kier alpha value is -2.93. The molecule has 29 heavy (non-hydrogen) atoms. The van der Waals surface area contributed by atoms with Gasteiger partial charge in [-0.25, -0.2) is 4.39 Å². The van der Waals surface area contributed by atoms with E-state index in [0.717, 1.165) is 18.4 Å². The number of benzene rings is 2. The molecule has 7 heteroatoms. The van der Waals surface area contributed by atoms with E-state index in [2.05, 4.69) is 5.32 Å². The number of carbonyl (C=O) groups is 2. The van der Waals surface area contributed by atoms with Gasteiger partial charge in [-0.15, -0.1) is 0 Å². The lowest BCUT2D eigenvalue weighted by molar-refractivity contribution is -0.165. The van der Waals surface area contributed by atoms with E-state index in [9.17, 15) is 14.0 Å². The van der Waals surface area contributed by atoms with Crippen LogP contribution >= 0.6 is 0 Å².